The minimum atomic E-state index is -3.30. The predicted molar refractivity (Wildman–Crippen MR) is 70.0 cm³/mol. The summed E-state index contributed by atoms with van der Waals surface area (Å²) in [6.45, 7) is 0. The summed E-state index contributed by atoms with van der Waals surface area (Å²) in [6.07, 6.45) is 2.61. The molecule has 0 aromatic heterocycles. The van der Waals surface area contributed by atoms with E-state index in [9.17, 15) is 18.5 Å². The van der Waals surface area contributed by atoms with Gasteiger partial charge in [0.05, 0.1) is 27.8 Å². The van der Waals surface area contributed by atoms with Crippen molar-refractivity contribution >= 4 is 21.7 Å². The van der Waals surface area contributed by atoms with E-state index in [2.05, 4.69) is 10.5 Å². The minimum absolute atomic E-state index is 0.0726. The molecule has 0 amide bonds. The number of sulfone groups is 1. The number of nitrogens with zero attached hydrogens (tertiary/aromatic N) is 2. The number of nitrogens with one attached hydrogen (secondary N) is 1. The van der Waals surface area contributed by atoms with Crippen LogP contribution in [0.4, 0.5) is 5.69 Å². The fourth-order valence-corrected chi connectivity index (χ4v) is 2.33. The maximum atomic E-state index is 11.1. The van der Waals surface area contributed by atoms with Gasteiger partial charge in [0.15, 0.2) is 9.84 Å². The monoisotopic (exact) mass is 279 g/mol. The van der Waals surface area contributed by atoms with Crippen LogP contribution in [0.15, 0.2) is 52.0 Å². The van der Waals surface area contributed by atoms with E-state index in [1.807, 2.05) is 0 Å². The quantitative estimate of drug-likeness (QED) is 0.508. The van der Waals surface area contributed by atoms with Crippen LogP contribution in [0.25, 0.3) is 0 Å². The van der Waals surface area contributed by atoms with Crippen molar-refractivity contribution in [3.63, 3.8) is 0 Å². The van der Waals surface area contributed by atoms with E-state index < -0.39 is 14.8 Å². The largest absolute Gasteiger partial charge is 0.278 e. The number of hydrazone groups is 1. The molecule has 1 aliphatic heterocycles. The smallest absolute Gasteiger partial charge is 0.278 e. The second-order valence-corrected chi connectivity index (χ2v) is 5.34. The lowest BCUT2D eigenvalue weighted by Gasteiger charge is -1.97. The van der Waals surface area contributed by atoms with E-state index in [4.69, 9.17) is 0 Å². The molecule has 0 spiro atoms. The Labute approximate surface area is 109 Å². The van der Waals surface area contributed by atoms with Gasteiger partial charge in [0.1, 0.15) is 0 Å². The van der Waals surface area contributed by atoms with Gasteiger partial charge in [-0.05, 0) is 12.1 Å². The first-order valence-corrected chi connectivity index (χ1v) is 6.76. The van der Waals surface area contributed by atoms with Gasteiger partial charge in [0, 0.05) is 11.5 Å². The molecular formula is C11H9N3O4S. The molecule has 2 rings (SSSR count). The van der Waals surface area contributed by atoms with Crippen LogP contribution in [0.3, 0.4) is 0 Å². The third kappa shape index (κ3) is 3.26. The second-order valence-electron chi connectivity index (χ2n) is 3.65. The highest BCUT2D eigenvalue weighted by molar-refractivity contribution is 7.97. The molecule has 98 valence electrons. The van der Waals surface area contributed by atoms with Gasteiger partial charge in [-0.1, -0.05) is 12.1 Å². The summed E-state index contributed by atoms with van der Waals surface area (Å²) < 4.78 is 22.1. The van der Waals surface area contributed by atoms with E-state index in [0.29, 0.717) is 11.3 Å². The summed E-state index contributed by atoms with van der Waals surface area (Å²) in [5.74, 6) is 0. The van der Waals surface area contributed by atoms with Gasteiger partial charge in [-0.25, -0.2) is 8.42 Å². The number of benzene rings is 1. The Balaban J connectivity index is 2.13. The molecule has 1 N–H and O–H groups in total. The first-order valence-electron chi connectivity index (χ1n) is 5.15. The van der Waals surface area contributed by atoms with E-state index >= 15 is 0 Å². The van der Waals surface area contributed by atoms with Crippen LogP contribution in [-0.2, 0) is 9.84 Å². The van der Waals surface area contributed by atoms with Gasteiger partial charge >= 0.3 is 0 Å². The molecule has 0 fully saturated rings. The predicted octanol–water partition coefficient (Wildman–Crippen LogP) is 1.30. The molecule has 0 atom stereocenters. The summed E-state index contributed by atoms with van der Waals surface area (Å²) in [5, 5.41) is 16.6. The lowest BCUT2D eigenvalue weighted by Crippen LogP contribution is -2.03. The van der Waals surface area contributed by atoms with Crippen molar-refractivity contribution in [3.8, 4) is 0 Å². The van der Waals surface area contributed by atoms with Gasteiger partial charge in [-0.2, -0.15) is 5.10 Å². The average molecular weight is 279 g/mol. The fourth-order valence-electron chi connectivity index (χ4n) is 1.43. The van der Waals surface area contributed by atoms with Crippen LogP contribution in [-0.4, -0.2) is 19.6 Å². The Bertz CT molecular complexity index is 704. The van der Waals surface area contributed by atoms with E-state index in [0.717, 1.165) is 10.8 Å². The van der Waals surface area contributed by atoms with Crippen LogP contribution in [0, 0.1) is 10.1 Å². The maximum Gasteiger partial charge on any atom is 0.278 e. The molecule has 19 heavy (non-hydrogen) atoms. The Morgan fingerprint density at radius 1 is 1.32 bits per heavy atom. The number of rotatable bonds is 4. The molecule has 1 aromatic rings. The number of nitro benzene ring substituents is 1. The lowest BCUT2D eigenvalue weighted by atomic mass is 10.2. The van der Waals surface area contributed by atoms with Gasteiger partial charge in [0.25, 0.3) is 5.69 Å². The second kappa shape index (κ2) is 5.02. The summed E-state index contributed by atoms with van der Waals surface area (Å²) in [5.41, 5.74) is 3.05. The SMILES string of the molecule is O=[N+]([O-])c1ccccc1/C=N\NC1=CS(=O)(=O)C=C1. The highest BCUT2D eigenvalue weighted by Crippen LogP contribution is 2.15. The van der Waals surface area contributed by atoms with Crippen LogP contribution < -0.4 is 5.43 Å². The van der Waals surface area contributed by atoms with Crippen molar-refractivity contribution in [2.24, 2.45) is 5.10 Å². The fraction of sp³-hybridized carbons (Fsp3) is 0. The summed E-state index contributed by atoms with van der Waals surface area (Å²) in [7, 11) is -3.30. The van der Waals surface area contributed by atoms with Gasteiger partial charge in [0.2, 0.25) is 0 Å². The third-order valence-electron chi connectivity index (χ3n) is 2.26. The first-order chi connectivity index (χ1) is 8.98. The van der Waals surface area contributed by atoms with Crippen molar-refractivity contribution in [2.75, 3.05) is 0 Å². The summed E-state index contributed by atoms with van der Waals surface area (Å²) in [4.78, 5) is 10.2. The van der Waals surface area contributed by atoms with Crippen molar-refractivity contribution in [3.05, 3.63) is 62.5 Å². The molecule has 0 aliphatic carbocycles. The Hall–Kier alpha value is -2.48. The van der Waals surface area contributed by atoms with Crippen LogP contribution in [0.2, 0.25) is 0 Å². The number of para-hydroxylation sites is 1. The summed E-state index contributed by atoms with van der Waals surface area (Å²) >= 11 is 0. The molecular weight excluding hydrogens is 270 g/mol. The van der Waals surface area contributed by atoms with Crippen molar-refractivity contribution < 1.29 is 13.3 Å². The molecule has 0 bridgehead atoms. The number of hydrogen-bond donors (Lipinski definition) is 1. The van der Waals surface area contributed by atoms with Crippen LogP contribution >= 0.6 is 0 Å². The normalized spacial score (nSPS) is 16.5. The van der Waals surface area contributed by atoms with Gasteiger partial charge < -0.3 is 0 Å². The molecule has 1 heterocycles. The Kier molecular flexibility index (Phi) is 3.43. The maximum absolute atomic E-state index is 11.1. The molecule has 0 unspecified atom stereocenters. The van der Waals surface area contributed by atoms with Crippen LogP contribution in [0.1, 0.15) is 5.56 Å². The Morgan fingerprint density at radius 2 is 2.05 bits per heavy atom. The molecule has 0 radical (unpaired) electrons. The zero-order chi connectivity index (χ0) is 13.9. The Morgan fingerprint density at radius 3 is 2.68 bits per heavy atom. The average Bonchev–Trinajstić information content (AvgIpc) is 2.69. The minimum Gasteiger partial charge on any atom is -0.278 e. The standard InChI is InChI=1S/C11H9N3O4S/c15-14(16)11-4-2-1-3-9(11)7-12-13-10-5-6-19(17,18)8-10/h1-8,13H/b12-7-. The third-order valence-corrected chi connectivity index (χ3v) is 3.36. The van der Waals surface area contributed by atoms with E-state index in [1.54, 1.807) is 18.2 Å². The number of nitro groups is 1. The molecule has 8 heteroatoms. The topological polar surface area (TPSA) is 102 Å². The zero-order valence-electron chi connectivity index (χ0n) is 9.55. The lowest BCUT2D eigenvalue weighted by molar-refractivity contribution is -0.385. The zero-order valence-corrected chi connectivity index (χ0v) is 10.4. The summed E-state index contributed by atoms with van der Waals surface area (Å²) in [6, 6.07) is 6.10. The van der Waals surface area contributed by atoms with Gasteiger partial charge in [-0.3, -0.25) is 15.5 Å². The first kappa shape index (κ1) is 13.0. The number of hydrogen-bond acceptors (Lipinski definition) is 6. The molecule has 1 aliphatic rings. The van der Waals surface area contributed by atoms with Crippen LogP contribution in [0.5, 0.6) is 0 Å². The van der Waals surface area contributed by atoms with Crippen molar-refractivity contribution in [1.82, 2.24) is 5.43 Å². The van der Waals surface area contributed by atoms with E-state index in [-0.39, 0.29) is 5.69 Å². The van der Waals surface area contributed by atoms with Crippen molar-refractivity contribution in [2.45, 2.75) is 0 Å². The van der Waals surface area contributed by atoms with Gasteiger partial charge in [-0.15, -0.1) is 0 Å². The molecule has 7 nitrogen and oxygen atoms in total. The highest BCUT2D eigenvalue weighted by atomic mass is 32.2. The van der Waals surface area contributed by atoms with E-state index in [1.165, 1.54) is 18.4 Å². The number of allylic oxidation sites excluding steroid dienone is 1. The highest BCUT2D eigenvalue weighted by Gasteiger charge is 2.11. The molecule has 0 saturated heterocycles. The molecule has 0 saturated carbocycles. The van der Waals surface area contributed by atoms with Crippen molar-refractivity contribution in [1.29, 1.82) is 0 Å². The molecule has 1 aromatic carbocycles.